The summed E-state index contributed by atoms with van der Waals surface area (Å²) >= 11 is 0. The highest BCUT2D eigenvalue weighted by Crippen LogP contribution is 2.35. The fourth-order valence-electron chi connectivity index (χ4n) is 2.71. The highest BCUT2D eigenvalue weighted by atomic mass is 16.6. The van der Waals surface area contributed by atoms with Crippen molar-refractivity contribution in [2.24, 2.45) is 0 Å². The Hall–Kier alpha value is -2.69. The molecule has 3 rings (SSSR count). The summed E-state index contributed by atoms with van der Waals surface area (Å²) in [6, 6.07) is 10.4. The Labute approximate surface area is 122 Å². The molecule has 1 aliphatic heterocycles. The Morgan fingerprint density at radius 2 is 1.86 bits per heavy atom. The lowest BCUT2D eigenvalue weighted by atomic mass is 10.1. The zero-order valence-corrected chi connectivity index (χ0v) is 11.8. The standard InChI is InChI=1S/C16H14N2O3/c1-10-5-3-7-14(11(10)2)17-9-13-12(16(17)19)6-4-8-15(13)18(20)21/h3-8H,9H2,1-2H3. The van der Waals surface area contributed by atoms with E-state index < -0.39 is 4.92 Å². The van der Waals surface area contributed by atoms with Crippen molar-refractivity contribution in [1.29, 1.82) is 0 Å². The monoisotopic (exact) mass is 282 g/mol. The molecule has 0 spiro atoms. The Kier molecular flexibility index (Phi) is 2.97. The maximum Gasteiger partial charge on any atom is 0.275 e. The van der Waals surface area contributed by atoms with Crippen molar-refractivity contribution >= 4 is 17.3 Å². The highest BCUT2D eigenvalue weighted by Gasteiger charge is 2.34. The lowest BCUT2D eigenvalue weighted by molar-refractivity contribution is -0.385. The third-order valence-corrected chi connectivity index (χ3v) is 4.01. The number of carbonyl (C=O) groups is 1. The van der Waals surface area contributed by atoms with Gasteiger partial charge in [-0.3, -0.25) is 14.9 Å². The van der Waals surface area contributed by atoms with E-state index in [9.17, 15) is 14.9 Å². The molecule has 0 fully saturated rings. The van der Waals surface area contributed by atoms with Gasteiger partial charge >= 0.3 is 0 Å². The minimum Gasteiger partial charge on any atom is -0.303 e. The van der Waals surface area contributed by atoms with Crippen LogP contribution in [-0.2, 0) is 6.54 Å². The molecule has 0 bridgehead atoms. The van der Waals surface area contributed by atoms with Gasteiger partial charge in [-0.1, -0.05) is 18.2 Å². The number of benzene rings is 2. The van der Waals surface area contributed by atoms with E-state index in [2.05, 4.69) is 0 Å². The number of hydrogen-bond donors (Lipinski definition) is 0. The normalized spacial score (nSPS) is 13.4. The van der Waals surface area contributed by atoms with E-state index in [0.29, 0.717) is 11.1 Å². The quantitative estimate of drug-likeness (QED) is 0.626. The van der Waals surface area contributed by atoms with Gasteiger partial charge in [0.1, 0.15) is 0 Å². The van der Waals surface area contributed by atoms with Crippen molar-refractivity contribution < 1.29 is 9.72 Å². The Morgan fingerprint density at radius 1 is 1.14 bits per heavy atom. The second-order valence-electron chi connectivity index (χ2n) is 5.17. The Morgan fingerprint density at radius 3 is 2.57 bits per heavy atom. The third-order valence-electron chi connectivity index (χ3n) is 4.01. The van der Waals surface area contributed by atoms with Gasteiger partial charge in [-0.2, -0.15) is 0 Å². The van der Waals surface area contributed by atoms with Crippen LogP contribution in [0.15, 0.2) is 36.4 Å². The molecule has 5 nitrogen and oxygen atoms in total. The summed E-state index contributed by atoms with van der Waals surface area (Å²) in [5.74, 6) is -0.178. The molecule has 5 heteroatoms. The van der Waals surface area contributed by atoms with Crippen molar-refractivity contribution in [3.05, 3.63) is 68.8 Å². The van der Waals surface area contributed by atoms with Crippen LogP contribution >= 0.6 is 0 Å². The summed E-state index contributed by atoms with van der Waals surface area (Å²) in [6.45, 7) is 4.18. The lowest BCUT2D eigenvalue weighted by Crippen LogP contribution is -2.24. The van der Waals surface area contributed by atoms with E-state index in [1.807, 2.05) is 32.0 Å². The van der Waals surface area contributed by atoms with Crippen LogP contribution in [-0.4, -0.2) is 10.8 Å². The molecule has 2 aromatic rings. The van der Waals surface area contributed by atoms with Crippen molar-refractivity contribution in [1.82, 2.24) is 0 Å². The first-order chi connectivity index (χ1) is 10.0. The minimum absolute atomic E-state index is 0.00801. The number of carbonyl (C=O) groups excluding carboxylic acids is 1. The van der Waals surface area contributed by atoms with Crippen LogP contribution in [0.3, 0.4) is 0 Å². The third kappa shape index (κ3) is 1.98. The maximum absolute atomic E-state index is 12.5. The first-order valence-electron chi connectivity index (χ1n) is 6.65. The molecule has 1 heterocycles. The summed E-state index contributed by atoms with van der Waals surface area (Å²) in [5.41, 5.74) is 3.84. The van der Waals surface area contributed by atoms with E-state index in [0.717, 1.165) is 16.8 Å². The van der Waals surface area contributed by atoms with Gasteiger partial charge in [0.15, 0.2) is 0 Å². The summed E-state index contributed by atoms with van der Waals surface area (Å²) in [4.78, 5) is 24.8. The van der Waals surface area contributed by atoms with Gasteiger partial charge < -0.3 is 4.90 Å². The van der Waals surface area contributed by atoms with Gasteiger partial charge in [-0.15, -0.1) is 0 Å². The van der Waals surface area contributed by atoms with Crippen molar-refractivity contribution in [3.8, 4) is 0 Å². The molecule has 0 saturated heterocycles. The molecule has 0 N–H and O–H groups in total. The van der Waals surface area contributed by atoms with Gasteiger partial charge in [0.2, 0.25) is 0 Å². The molecular weight excluding hydrogens is 268 g/mol. The zero-order chi connectivity index (χ0) is 15.1. The van der Waals surface area contributed by atoms with Crippen LogP contribution in [0.2, 0.25) is 0 Å². The number of nitro groups is 1. The number of rotatable bonds is 2. The van der Waals surface area contributed by atoms with E-state index in [-0.39, 0.29) is 18.1 Å². The first-order valence-corrected chi connectivity index (χ1v) is 6.65. The molecule has 1 aliphatic rings. The lowest BCUT2D eigenvalue weighted by Gasteiger charge is -2.19. The Bertz CT molecular complexity index is 768. The maximum atomic E-state index is 12.5. The molecular formula is C16H14N2O3. The van der Waals surface area contributed by atoms with Gasteiger partial charge in [0, 0.05) is 11.8 Å². The second kappa shape index (κ2) is 4.70. The van der Waals surface area contributed by atoms with Crippen molar-refractivity contribution in [2.75, 3.05) is 4.90 Å². The highest BCUT2D eigenvalue weighted by molar-refractivity contribution is 6.11. The molecule has 2 aromatic carbocycles. The fraction of sp³-hybridized carbons (Fsp3) is 0.188. The molecule has 0 atom stereocenters. The summed E-state index contributed by atoms with van der Waals surface area (Å²) in [5, 5.41) is 11.1. The molecule has 0 aromatic heterocycles. The number of hydrogen-bond acceptors (Lipinski definition) is 3. The molecule has 0 saturated carbocycles. The summed E-state index contributed by atoms with van der Waals surface area (Å²) in [6.07, 6.45) is 0. The van der Waals surface area contributed by atoms with Crippen LogP contribution in [0.5, 0.6) is 0 Å². The average molecular weight is 282 g/mol. The topological polar surface area (TPSA) is 63.4 Å². The van der Waals surface area contributed by atoms with Crippen LogP contribution in [0, 0.1) is 24.0 Å². The fourth-order valence-corrected chi connectivity index (χ4v) is 2.71. The Balaban J connectivity index is 2.11. The largest absolute Gasteiger partial charge is 0.303 e. The SMILES string of the molecule is Cc1cccc(N2Cc3c(cccc3[N+](=O)[O-])C2=O)c1C. The molecule has 21 heavy (non-hydrogen) atoms. The second-order valence-corrected chi connectivity index (χ2v) is 5.17. The predicted octanol–water partition coefficient (Wildman–Crippen LogP) is 3.37. The smallest absolute Gasteiger partial charge is 0.275 e. The van der Waals surface area contributed by atoms with Gasteiger partial charge in [0.05, 0.1) is 22.6 Å². The van der Waals surface area contributed by atoms with Crippen molar-refractivity contribution in [2.45, 2.75) is 20.4 Å². The van der Waals surface area contributed by atoms with Crippen molar-refractivity contribution in [3.63, 3.8) is 0 Å². The van der Waals surface area contributed by atoms with Crippen LogP contribution < -0.4 is 4.90 Å². The zero-order valence-electron chi connectivity index (χ0n) is 11.8. The van der Waals surface area contributed by atoms with Gasteiger partial charge in [0.25, 0.3) is 11.6 Å². The molecule has 0 unspecified atom stereocenters. The summed E-state index contributed by atoms with van der Waals surface area (Å²) in [7, 11) is 0. The van der Waals surface area contributed by atoms with Crippen LogP contribution in [0.25, 0.3) is 0 Å². The van der Waals surface area contributed by atoms with E-state index in [1.54, 1.807) is 17.0 Å². The number of fused-ring (bicyclic) bond motifs is 1. The number of amides is 1. The minimum atomic E-state index is -0.432. The number of aryl methyl sites for hydroxylation is 1. The first kappa shape index (κ1) is 13.3. The van der Waals surface area contributed by atoms with E-state index in [4.69, 9.17) is 0 Å². The van der Waals surface area contributed by atoms with Crippen LogP contribution in [0.4, 0.5) is 11.4 Å². The molecule has 106 valence electrons. The number of nitrogens with zero attached hydrogens (tertiary/aromatic N) is 2. The number of anilines is 1. The molecule has 0 aliphatic carbocycles. The van der Waals surface area contributed by atoms with Crippen LogP contribution in [0.1, 0.15) is 27.0 Å². The summed E-state index contributed by atoms with van der Waals surface area (Å²) < 4.78 is 0. The van der Waals surface area contributed by atoms with Gasteiger partial charge in [-0.05, 0) is 37.1 Å². The van der Waals surface area contributed by atoms with E-state index in [1.165, 1.54) is 6.07 Å². The average Bonchev–Trinajstić information content (AvgIpc) is 2.79. The molecule has 0 radical (unpaired) electrons. The number of nitro benzene ring substituents is 1. The predicted molar refractivity (Wildman–Crippen MR) is 79.5 cm³/mol. The van der Waals surface area contributed by atoms with E-state index >= 15 is 0 Å². The molecule has 1 amide bonds. The van der Waals surface area contributed by atoms with Gasteiger partial charge in [-0.25, -0.2) is 0 Å².